The standard InChI is InChI=1S/C12H14N4O4/c1-7-8(5-13-20-7)9(17)16-4-2-3-12(6-16)10(18)14-11(19)15-12/h5H,2-4,6H2,1H3,(H2,14,15,18,19). The van der Waals surface area contributed by atoms with Crippen LogP contribution >= 0.6 is 0 Å². The molecule has 1 aromatic heterocycles. The molecule has 0 radical (unpaired) electrons. The van der Waals surface area contributed by atoms with E-state index >= 15 is 0 Å². The van der Waals surface area contributed by atoms with E-state index in [9.17, 15) is 14.4 Å². The van der Waals surface area contributed by atoms with Gasteiger partial charge in [-0.2, -0.15) is 0 Å². The summed E-state index contributed by atoms with van der Waals surface area (Å²) in [5, 5.41) is 8.44. The van der Waals surface area contributed by atoms with E-state index in [1.807, 2.05) is 0 Å². The number of aryl methyl sites for hydroxylation is 1. The van der Waals surface area contributed by atoms with Gasteiger partial charge in [-0.1, -0.05) is 5.16 Å². The highest BCUT2D eigenvalue weighted by atomic mass is 16.5. The van der Waals surface area contributed by atoms with Crippen molar-refractivity contribution in [1.82, 2.24) is 20.7 Å². The van der Waals surface area contributed by atoms with Crippen LogP contribution in [0.4, 0.5) is 4.79 Å². The third kappa shape index (κ3) is 1.84. The Balaban J connectivity index is 1.82. The van der Waals surface area contributed by atoms with Gasteiger partial charge in [-0.25, -0.2) is 4.79 Å². The quantitative estimate of drug-likeness (QED) is 0.692. The van der Waals surface area contributed by atoms with Crippen molar-refractivity contribution in [2.45, 2.75) is 25.3 Å². The summed E-state index contributed by atoms with van der Waals surface area (Å²) in [5.41, 5.74) is -0.623. The molecule has 2 aliphatic heterocycles. The average Bonchev–Trinajstić information content (AvgIpc) is 2.94. The Labute approximate surface area is 114 Å². The lowest BCUT2D eigenvalue weighted by atomic mass is 9.89. The van der Waals surface area contributed by atoms with Crippen LogP contribution in [-0.2, 0) is 4.79 Å². The van der Waals surface area contributed by atoms with Crippen LogP contribution in [0.5, 0.6) is 0 Å². The maximum Gasteiger partial charge on any atom is 0.322 e. The predicted molar refractivity (Wildman–Crippen MR) is 65.8 cm³/mol. The lowest BCUT2D eigenvalue weighted by Gasteiger charge is -2.37. The first-order valence-electron chi connectivity index (χ1n) is 6.36. The molecule has 2 fully saturated rings. The Bertz CT molecular complexity index is 596. The number of carbonyl (C=O) groups excluding carboxylic acids is 3. The third-order valence-corrected chi connectivity index (χ3v) is 3.78. The molecule has 2 saturated heterocycles. The number of urea groups is 1. The number of aromatic nitrogens is 1. The lowest BCUT2D eigenvalue weighted by molar-refractivity contribution is -0.125. The fourth-order valence-electron chi connectivity index (χ4n) is 2.72. The Kier molecular flexibility index (Phi) is 2.73. The highest BCUT2D eigenvalue weighted by molar-refractivity contribution is 6.07. The van der Waals surface area contributed by atoms with Crippen molar-refractivity contribution in [3.63, 3.8) is 0 Å². The number of likely N-dealkylation sites (tertiary alicyclic amines) is 1. The number of nitrogens with one attached hydrogen (secondary N) is 2. The maximum absolute atomic E-state index is 12.4. The van der Waals surface area contributed by atoms with Gasteiger partial charge in [0.2, 0.25) is 0 Å². The van der Waals surface area contributed by atoms with Gasteiger partial charge < -0.3 is 14.7 Å². The van der Waals surface area contributed by atoms with Gasteiger partial charge in [0, 0.05) is 6.54 Å². The second-order valence-electron chi connectivity index (χ2n) is 5.12. The number of piperidine rings is 1. The molecule has 1 unspecified atom stereocenters. The molecule has 2 N–H and O–H groups in total. The molecular weight excluding hydrogens is 264 g/mol. The van der Waals surface area contributed by atoms with Crippen LogP contribution < -0.4 is 10.6 Å². The Morgan fingerprint density at radius 2 is 2.30 bits per heavy atom. The molecule has 106 valence electrons. The Morgan fingerprint density at radius 1 is 1.50 bits per heavy atom. The van der Waals surface area contributed by atoms with E-state index in [-0.39, 0.29) is 18.4 Å². The first-order valence-corrected chi connectivity index (χ1v) is 6.36. The topological polar surface area (TPSA) is 105 Å². The van der Waals surface area contributed by atoms with Crippen LogP contribution in [0.3, 0.4) is 0 Å². The minimum atomic E-state index is -1.00. The van der Waals surface area contributed by atoms with Gasteiger partial charge in [0.05, 0.1) is 12.7 Å². The van der Waals surface area contributed by atoms with Crippen LogP contribution in [0.25, 0.3) is 0 Å². The summed E-state index contributed by atoms with van der Waals surface area (Å²) in [6.07, 6.45) is 2.53. The van der Waals surface area contributed by atoms with E-state index < -0.39 is 11.6 Å². The number of amides is 4. The zero-order valence-corrected chi connectivity index (χ0v) is 10.9. The number of hydrogen-bond donors (Lipinski definition) is 2. The monoisotopic (exact) mass is 278 g/mol. The molecule has 0 aromatic carbocycles. The molecule has 0 saturated carbocycles. The van der Waals surface area contributed by atoms with E-state index in [1.165, 1.54) is 6.20 Å². The molecule has 0 aliphatic carbocycles. The molecule has 1 spiro atoms. The number of rotatable bonds is 1. The first-order chi connectivity index (χ1) is 9.52. The second kappa shape index (κ2) is 4.32. The van der Waals surface area contributed by atoms with Crippen LogP contribution in [0.2, 0.25) is 0 Å². The van der Waals surface area contributed by atoms with E-state index in [2.05, 4.69) is 15.8 Å². The molecule has 3 rings (SSSR count). The van der Waals surface area contributed by atoms with Gasteiger partial charge in [0.25, 0.3) is 11.8 Å². The average molecular weight is 278 g/mol. The number of hydrogen-bond acceptors (Lipinski definition) is 5. The fraction of sp³-hybridized carbons (Fsp3) is 0.500. The fourth-order valence-corrected chi connectivity index (χ4v) is 2.72. The van der Waals surface area contributed by atoms with Gasteiger partial charge in [-0.15, -0.1) is 0 Å². The summed E-state index contributed by atoms with van der Waals surface area (Å²) >= 11 is 0. The zero-order valence-electron chi connectivity index (χ0n) is 10.9. The highest BCUT2D eigenvalue weighted by Gasteiger charge is 2.49. The summed E-state index contributed by atoms with van der Waals surface area (Å²) in [6.45, 7) is 2.35. The zero-order chi connectivity index (χ0) is 14.3. The van der Waals surface area contributed by atoms with E-state index in [0.717, 1.165) is 0 Å². The van der Waals surface area contributed by atoms with E-state index in [1.54, 1.807) is 11.8 Å². The lowest BCUT2D eigenvalue weighted by Crippen LogP contribution is -2.59. The van der Waals surface area contributed by atoms with Crippen molar-refractivity contribution in [3.05, 3.63) is 17.5 Å². The van der Waals surface area contributed by atoms with Crippen LogP contribution in [0.1, 0.15) is 29.0 Å². The summed E-state index contributed by atoms with van der Waals surface area (Å²) in [7, 11) is 0. The minimum Gasteiger partial charge on any atom is -0.361 e. The molecule has 8 heteroatoms. The minimum absolute atomic E-state index is 0.161. The Hall–Kier alpha value is -2.38. The molecule has 1 atom stereocenters. The number of carbonyl (C=O) groups is 3. The van der Waals surface area contributed by atoms with Crippen molar-refractivity contribution in [2.75, 3.05) is 13.1 Å². The van der Waals surface area contributed by atoms with Crippen LogP contribution in [0, 0.1) is 6.92 Å². The SMILES string of the molecule is Cc1oncc1C(=O)N1CCCC2(C1)NC(=O)NC2=O. The normalized spacial score (nSPS) is 25.8. The largest absolute Gasteiger partial charge is 0.361 e. The third-order valence-electron chi connectivity index (χ3n) is 3.78. The molecule has 4 amide bonds. The van der Waals surface area contributed by atoms with Crippen molar-refractivity contribution in [3.8, 4) is 0 Å². The van der Waals surface area contributed by atoms with Gasteiger partial charge in [-0.05, 0) is 19.8 Å². The molecule has 3 heterocycles. The molecule has 2 aliphatic rings. The van der Waals surface area contributed by atoms with Gasteiger partial charge in [0.1, 0.15) is 16.9 Å². The van der Waals surface area contributed by atoms with Crippen molar-refractivity contribution >= 4 is 17.8 Å². The second-order valence-corrected chi connectivity index (χ2v) is 5.12. The molecule has 8 nitrogen and oxygen atoms in total. The van der Waals surface area contributed by atoms with Gasteiger partial charge in [-0.3, -0.25) is 14.9 Å². The van der Waals surface area contributed by atoms with Gasteiger partial charge in [0.15, 0.2) is 0 Å². The molecular formula is C12H14N4O4. The summed E-state index contributed by atoms with van der Waals surface area (Å²) in [6, 6.07) is -0.509. The first kappa shape index (κ1) is 12.6. The van der Waals surface area contributed by atoms with Crippen molar-refractivity contribution in [1.29, 1.82) is 0 Å². The van der Waals surface area contributed by atoms with Crippen LogP contribution in [0.15, 0.2) is 10.7 Å². The van der Waals surface area contributed by atoms with Crippen LogP contribution in [-0.4, -0.2) is 46.5 Å². The smallest absolute Gasteiger partial charge is 0.322 e. The number of imide groups is 1. The molecule has 1 aromatic rings. The predicted octanol–water partition coefficient (Wildman–Crippen LogP) is -0.203. The summed E-state index contributed by atoms with van der Waals surface area (Å²) in [4.78, 5) is 37.2. The van der Waals surface area contributed by atoms with Gasteiger partial charge >= 0.3 is 6.03 Å². The highest BCUT2D eigenvalue weighted by Crippen LogP contribution is 2.26. The molecule has 0 bridgehead atoms. The Morgan fingerprint density at radius 3 is 2.90 bits per heavy atom. The number of nitrogens with zero attached hydrogens (tertiary/aromatic N) is 2. The van der Waals surface area contributed by atoms with Crippen molar-refractivity contribution in [2.24, 2.45) is 0 Å². The summed E-state index contributed by atoms with van der Waals surface area (Å²) in [5.74, 6) is -0.173. The van der Waals surface area contributed by atoms with E-state index in [4.69, 9.17) is 4.52 Å². The molecule has 20 heavy (non-hydrogen) atoms. The summed E-state index contributed by atoms with van der Waals surface area (Å²) < 4.78 is 4.89. The maximum atomic E-state index is 12.4. The van der Waals surface area contributed by atoms with Crippen molar-refractivity contribution < 1.29 is 18.9 Å². The van der Waals surface area contributed by atoms with E-state index in [0.29, 0.717) is 30.7 Å².